The molecule has 6 heteroatoms. The number of amides is 2. The number of carbonyl (C=O) groups is 2. The van der Waals surface area contributed by atoms with Gasteiger partial charge in [0.2, 0.25) is 5.91 Å². The van der Waals surface area contributed by atoms with E-state index in [4.69, 9.17) is 0 Å². The summed E-state index contributed by atoms with van der Waals surface area (Å²) in [5, 5.41) is 6.46. The maximum Gasteiger partial charge on any atom is 0.254 e. The van der Waals surface area contributed by atoms with Crippen molar-refractivity contribution in [2.24, 2.45) is 5.92 Å². The molecule has 0 aromatic heterocycles. The summed E-state index contributed by atoms with van der Waals surface area (Å²) in [6.45, 7) is 6.20. The van der Waals surface area contributed by atoms with Gasteiger partial charge in [-0.25, -0.2) is 0 Å². The third kappa shape index (κ3) is 4.46. The lowest BCUT2D eigenvalue weighted by atomic mass is 9.95. The van der Waals surface area contributed by atoms with Gasteiger partial charge in [0, 0.05) is 42.8 Å². The molecule has 1 fully saturated rings. The average molecular weight is 366 g/mol. The third-order valence-corrected chi connectivity index (χ3v) is 4.98. The fourth-order valence-electron chi connectivity index (χ4n) is 3.48. The van der Waals surface area contributed by atoms with E-state index in [0.717, 1.165) is 49.0 Å². The van der Waals surface area contributed by atoms with E-state index < -0.39 is 0 Å². The number of halogens is 1. The maximum atomic E-state index is 12.9. The van der Waals surface area contributed by atoms with Crippen molar-refractivity contribution in [2.75, 3.05) is 25.0 Å². The molecule has 2 heterocycles. The van der Waals surface area contributed by atoms with E-state index in [2.05, 4.69) is 16.7 Å². The summed E-state index contributed by atoms with van der Waals surface area (Å²) < 4.78 is 0. The van der Waals surface area contributed by atoms with Crippen molar-refractivity contribution < 1.29 is 9.59 Å². The van der Waals surface area contributed by atoms with Crippen LogP contribution in [0.4, 0.5) is 5.69 Å². The minimum atomic E-state index is 0. The first-order chi connectivity index (χ1) is 11.6. The van der Waals surface area contributed by atoms with Crippen LogP contribution in [0.3, 0.4) is 0 Å². The molecule has 0 saturated carbocycles. The van der Waals surface area contributed by atoms with Crippen LogP contribution in [0.25, 0.3) is 0 Å². The maximum absolute atomic E-state index is 12.9. The smallest absolute Gasteiger partial charge is 0.254 e. The van der Waals surface area contributed by atoms with E-state index in [-0.39, 0.29) is 36.2 Å². The Morgan fingerprint density at radius 1 is 1.24 bits per heavy atom. The Labute approximate surface area is 155 Å². The Hall–Kier alpha value is -1.75. The van der Waals surface area contributed by atoms with E-state index in [1.54, 1.807) is 0 Å². The zero-order chi connectivity index (χ0) is 17.1. The minimum absolute atomic E-state index is 0. The number of piperidine rings is 1. The van der Waals surface area contributed by atoms with Gasteiger partial charge in [0.05, 0.1) is 0 Å². The second-order valence-electron chi connectivity index (χ2n) is 7.09. The number of fused-ring (bicyclic) bond motifs is 1. The van der Waals surface area contributed by atoms with E-state index >= 15 is 0 Å². The van der Waals surface area contributed by atoms with Crippen molar-refractivity contribution in [3.05, 3.63) is 29.3 Å². The topological polar surface area (TPSA) is 61.4 Å². The molecule has 1 saturated heterocycles. The molecule has 2 aliphatic rings. The minimum Gasteiger partial charge on any atom is -0.385 e. The molecule has 138 valence electrons. The van der Waals surface area contributed by atoms with Gasteiger partial charge in [-0.1, -0.05) is 19.9 Å². The number of hydrogen-bond acceptors (Lipinski definition) is 3. The summed E-state index contributed by atoms with van der Waals surface area (Å²) in [5.41, 5.74) is 3.10. The number of nitrogens with one attached hydrogen (secondary N) is 2. The van der Waals surface area contributed by atoms with Crippen molar-refractivity contribution in [2.45, 2.75) is 45.6 Å². The van der Waals surface area contributed by atoms with Gasteiger partial charge < -0.3 is 15.5 Å². The highest BCUT2D eigenvalue weighted by Crippen LogP contribution is 2.27. The summed E-state index contributed by atoms with van der Waals surface area (Å²) in [6.07, 6.45) is 3.70. The Balaban J connectivity index is 0.00000225. The molecule has 0 bridgehead atoms. The molecule has 1 aromatic rings. The van der Waals surface area contributed by atoms with Crippen molar-refractivity contribution >= 4 is 29.9 Å². The third-order valence-electron chi connectivity index (χ3n) is 4.98. The molecule has 2 aliphatic heterocycles. The van der Waals surface area contributed by atoms with E-state index in [0.29, 0.717) is 13.1 Å². The fraction of sp³-hybridized carbons (Fsp3) is 0.579. The number of anilines is 1. The molecule has 1 aromatic carbocycles. The van der Waals surface area contributed by atoms with Crippen molar-refractivity contribution in [1.82, 2.24) is 10.2 Å². The molecule has 5 nitrogen and oxygen atoms in total. The SMILES string of the molecule is CC(C)C(=O)NC1CCN(C(=O)c2cccc3c2CCCN3)CC1.Cl. The Bertz CT molecular complexity index is 625. The standard InChI is InChI=1S/C19H27N3O2.ClH/c1-13(2)18(23)21-14-8-11-22(12-9-14)19(24)16-5-3-7-17-15(16)6-4-10-20-17;/h3,5,7,13-14,20H,4,6,8-12H2,1-2H3,(H,21,23);1H. The molecule has 0 aliphatic carbocycles. The average Bonchev–Trinajstić information content (AvgIpc) is 2.61. The quantitative estimate of drug-likeness (QED) is 0.865. The van der Waals surface area contributed by atoms with Gasteiger partial charge in [0.1, 0.15) is 0 Å². The van der Waals surface area contributed by atoms with Crippen LogP contribution in [0.2, 0.25) is 0 Å². The number of hydrogen-bond donors (Lipinski definition) is 2. The lowest BCUT2D eigenvalue weighted by Crippen LogP contribution is -2.47. The molecular formula is C19H28ClN3O2. The van der Waals surface area contributed by atoms with Crippen LogP contribution in [0, 0.1) is 5.92 Å². The number of rotatable bonds is 3. The molecule has 3 rings (SSSR count). The first kappa shape index (κ1) is 19.6. The van der Waals surface area contributed by atoms with Crippen LogP contribution in [0.5, 0.6) is 0 Å². The summed E-state index contributed by atoms with van der Waals surface area (Å²) in [6, 6.07) is 6.15. The van der Waals surface area contributed by atoms with E-state index in [1.807, 2.05) is 30.9 Å². The largest absolute Gasteiger partial charge is 0.385 e. The zero-order valence-corrected chi connectivity index (χ0v) is 15.8. The van der Waals surface area contributed by atoms with Crippen molar-refractivity contribution in [3.63, 3.8) is 0 Å². The van der Waals surface area contributed by atoms with Crippen molar-refractivity contribution in [3.8, 4) is 0 Å². The van der Waals surface area contributed by atoms with Crippen LogP contribution in [-0.4, -0.2) is 42.4 Å². The van der Waals surface area contributed by atoms with Crippen LogP contribution >= 0.6 is 12.4 Å². The Morgan fingerprint density at radius 2 is 1.96 bits per heavy atom. The number of nitrogens with zero attached hydrogens (tertiary/aromatic N) is 1. The van der Waals surface area contributed by atoms with Gasteiger partial charge in [-0.2, -0.15) is 0 Å². The van der Waals surface area contributed by atoms with Gasteiger partial charge in [-0.3, -0.25) is 9.59 Å². The highest BCUT2D eigenvalue weighted by molar-refractivity contribution is 5.97. The molecule has 2 N–H and O–H groups in total. The van der Waals surface area contributed by atoms with Gasteiger partial charge in [-0.05, 0) is 43.4 Å². The predicted octanol–water partition coefficient (Wildman–Crippen LogP) is 2.84. The van der Waals surface area contributed by atoms with Gasteiger partial charge in [0.25, 0.3) is 5.91 Å². The molecular weight excluding hydrogens is 338 g/mol. The first-order valence-corrected chi connectivity index (χ1v) is 9.01. The second-order valence-corrected chi connectivity index (χ2v) is 7.09. The first-order valence-electron chi connectivity index (χ1n) is 9.01. The lowest BCUT2D eigenvalue weighted by Gasteiger charge is -2.33. The molecule has 0 spiro atoms. The molecule has 2 amide bonds. The van der Waals surface area contributed by atoms with Gasteiger partial charge >= 0.3 is 0 Å². The summed E-state index contributed by atoms with van der Waals surface area (Å²) in [5.74, 6) is 0.236. The van der Waals surface area contributed by atoms with Gasteiger partial charge in [0.15, 0.2) is 0 Å². The summed E-state index contributed by atoms with van der Waals surface area (Å²) in [7, 11) is 0. The zero-order valence-electron chi connectivity index (χ0n) is 15.0. The summed E-state index contributed by atoms with van der Waals surface area (Å²) >= 11 is 0. The number of carbonyl (C=O) groups excluding carboxylic acids is 2. The van der Waals surface area contributed by atoms with Crippen molar-refractivity contribution in [1.29, 1.82) is 0 Å². The molecule has 0 radical (unpaired) electrons. The van der Waals surface area contributed by atoms with Crippen LogP contribution < -0.4 is 10.6 Å². The monoisotopic (exact) mass is 365 g/mol. The van der Waals surface area contributed by atoms with E-state index in [9.17, 15) is 9.59 Å². The van der Waals surface area contributed by atoms with Crippen LogP contribution in [0.15, 0.2) is 18.2 Å². The summed E-state index contributed by atoms with van der Waals surface area (Å²) in [4.78, 5) is 26.7. The molecule has 0 atom stereocenters. The highest BCUT2D eigenvalue weighted by Gasteiger charge is 2.27. The molecule has 25 heavy (non-hydrogen) atoms. The lowest BCUT2D eigenvalue weighted by molar-refractivity contribution is -0.124. The predicted molar refractivity (Wildman–Crippen MR) is 102 cm³/mol. The van der Waals surface area contributed by atoms with Gasteiger partial charge in [-0.15, -0.1) is 12.4 Å². The number of likely N-dealkylation sites (tertiary alicyclic amines) is 1. The molecule has 0 unspecified atom stereocenters. The fourth-order valence-corrected chi connectivity index (χ4v) is 3.48. The van der Waals surface area contributed by atoms with Crippen LogP contribution in [-0.2, 0) is 11.2 Å². The highest BCUT2D eigenvalue weighted by atomic mass is 35.5. The normalized spacial score (nSPS) is 17.3. The van der Waals surface area contributed by atoms with Crippen LogP contribution in [0.1, 0.15) is 49.0 Å². The Morgan fingerprint density at radius 3 is 2.64 bits per heavy atom. The number of benzene rings is 1. The second kappa shape index (κ2) is 8.56. The van der Waals surface area contributed by atoms with E-state index in [1.165, 1.54) is 0 Å². The Kier molecular flexibility index (Phi) is 6.71.